The van der Waals surface area contributed by atoms with Crippen molar-refractivity contribution in [3.63, 3.8) is 0 Å². The van der Waals surface area contributed by atoms with Crippen LogP contribution in [0, 0.1) is 0 Å². The number of imidazole rings is 1. The summed E-state index contributed by atoms with van der Waals surface area (Å²) in [6.07, 6.45) is 3.67. The minimum atomic E-state index is -0.241. The van der Waals surface area contributed by atoms with E-state index in [9.17, 15) is 4.79 Å². The summed E-state index contributed by atoms with van der Waals surface area (Å²) >= 11 is 0. The molecule has 0 spiro atoms. The molecule has 0 saturated heterocycles. The van der Waals surface area contributed by atoms with Gasteiger partial charge in [0.2, 0.25) is 0 Å². The van der Waals surface area contributed by atoms with E-state index in [-0.39, 0.29) is 12.1 Å². The number of benzene rings is 2. The average molecular weight is 347 g/mol. The van der Waals surface area contributed by atoms with Crippen molar-refractivity contribution >= 4 is 23.1 Å². The van der Waals surface area contributed by atoms with Gasteiger partial charge in [0.25, 0.3) is 0 Å². The third-order valence-electron chi connectivity index (χ3n) is 4.73. The Bertz CT molecular complexity index is 997. The predicted molar refractivity (Wildman–Crippen MR) is 99.6 cm³/mol. The second kappa shape index (κ2) is 5.78. The molecule has 0 fully saturated rings. The van der Waals surface area contributed by atoms with Gasteiger partial charge in [-0.05, 0) is 23.8 Å². The van der Waals surface area contributed by atoms with Gasteiger partial charge in [-0.2, -0.15) is 0 Å². The van der Waals surface area contributed by atoms with Crippen molar-refractivity contribution in [3.8, 4) is 11.3 Å². The van der Waals surface area contributed by atoms with Crippen molar-refractivity contribution in [3.05, 3.63) is 60.6 Å². The van der Waals surface area contributed by atoms with Crippen molar-refractivity contribution in [2.75, 3.05) is 22.7 Å². The number of carbonyl (C=O) groups excluding carboxylic acids is 1. The number of carbonyl (C=O) groups is 1. The maximum absolute atomic E-state index is 12.3. The fourth-order valence-electron chi connectivity index (χ4n) is 3.51. The summed E-state index contributed by atoms with van der Waals surface area (Å²) in [5, 5.41) is 5.83. The number of urea groups is 1. The number of anilines is 3. The largest absolute Gasteiger partial charge is 0.335 e. The quantitative estimate of drug-likeness (QED) is 0.502. The monoisotopic (exact) mass is 347 g/mol. The van der Waals surface area contributed by atoms with Gasteiger partial charge in [0.05, 0.1) is 35.6 Å². The number of aromatic nitrogens is 2. The summed E-state index contributed by atoms with van der Waals surface area (Å²) in [5.74, 6) is 0. The lowest BCUT2D eigenvalue weighted by Crippen LogP contribution is -2.33. The Morgan fingerprint density at radius 3 is 3.00 bits per heavy atom. The first-order valence-corrected chi connectivity index (χ1v) is 8.37. The third kappa shape index (κ3) is 2.35. The highest BCUT2D eigenvalue weighted by atomic mass is 16.2. The Kier molecular flexibility index (Phi) is 3.29. The van der Waals surface area contributed by atoms with Crippen LogP contribution in [0.5, 0.6) is 0 Å². The smallest absolute Gasteiger partial charge is 0.319 e. The Morgan fingerprint density at radius 1 is 1.15 bits per heavy atom. The molecule has 26 heavy (non-hydrogen) atoms. The van der Waals surface area contributed by atoms with E-state index in [1.807, 2.05) is 42.9 Å². The zero-order valence-corrected chi connectivity index (χ0v) is 13.8. The highest BCUT2D eigenvalue weighted by Gasteiger charge is 2.28. The molecule has 5 rings (SSSR count). The average Bonchev–Trinajstić information content (AvgIpc) is 3.36. The van der Waals surface area contributed by atoms with Crippen LogP contribution in [0.25, 0.3) is 11.3 Å². The van der Waals surface area contributed by atoms with Gasteiger partial charge in [-0.15, -0.1) is 5.53 Å². The first kappa shape index (κ1) is 14.8. The SMILES string of the molecule is O=C(NCC1c2ccccc2-c2cncn21)Nc1ccc2c(c1)NNN2. The molecule has 1 unspecified atom stereocenters. The van der Waals surface area contributed by atoms with Crippen LogP contribution in [0.3, 0.4) is 0 Å². The van der Waals surface area contributed by atoms with Crippen molar-refractivity contribution < 1.29 is 4.79 Å². The molecular formula is C18H17N7O. The van der Waals surface area contributed by atoms with Crippen LogP contribution >= 0.6 is 0 Å². The lowest BCUT2D eigenvalue weighted by Gasteiger charge is -2.16. The highest BCUT2D eigenvalue weighted by molar-refractivity contribution is 5.91. The Hall–Kier alpha value is -3.52. The summed E-state index contributed by atoms with van der Waals surface area (Å²) in [5.41, 5.74) is 14.7. The zero-order chi connectivity index (χ0) is 17.5. The standard InChI is InChI=1S/C18H17N7O/c26-18(21-11-5-6-14-15(7-11)23-24-22-14)20-9-17-13-4-2-1-3-12(13)16-8-19-10-25(16)17/h1-8,10,17,22-24H,9H2,(H2,20,21,26). The minimum absolute atomic E-state index is 0.0459. The van der Waals surface area contributed by atoms with Gasteiger partial charge in [0.15, 0.2) is 0 Å². The third-order valence-corrected chi connectivity index (χ3v) is 4.73. The minimum Gasteiger partial charge on any atom is -0.335 e. The van der Waals surface area contributed by atoms with Gasteiger partial charge in [0.1, 0.15) is 0 Å². The van der Waals surface area contributed by atoms with Crippen LogP contribution in [0.15, 0.2) is 55.0 Å². The summed E-state index contributed by atoms with van der Waals surface area (Å²) in [7, 11) is 0. The van der Waals surface area contributed by atoms with Crippen LogP contribution in [-0.4, -0.2) is 22.1 Å². The van der Waals surface area contributed by atoms with Gasteiger partial charge in [-0.25, -0.2) is 9.78 Å². The highest BCUT2D eigenvalue weighted by Crippen LogP contribution is 2.38. The first-order chi connectivity index (χ1) is 12.8. The number of hydrogen-bond donors (Lipinski definition) is 5. The molecule has 0 aliphatic carbocycles. The molecule has 2 aliphatic rings. The van der Waals surface area contributed by atoms with Crippen LogP contribution in [0.1, 0.15) is 11.6 Å². The molecule has 5 N–H and O–H groups in total. The Balaban J connectivity index is 1.29. The molecule has 2 amide bonds. The number of amides is 2. The van der Waals surface area contributed by atoms with Gasteiger partial charge in [-0.1, -0.05) is 24.3 Å². The molecule has 3 aromatic rings. The molecule has 1 atom stereocenters. The molecule has 3 heterocycles. The second-order valence-corrected chi connectivity index (χ2v) is 6.26. The van der Waals surface area contributed by atoms with E-state index in [1.165, 1.54) is 11.1 Å². The van der Waals surface area contributed by atoms with Gasteiger partial charge >= 0.3 is 6.03 Å². The summed E-state index contributed by atoms with van der Waals surface area (Å²) in [6.45, 7) is 0.485. The number of fused-ring (bicyclic) bond motifs is 4. The van der Waals surface area contributed by atoms with E-state index < -0.39 is 0 Å². The second-order valence-electron chi connectivity index (χ2n) is 6.26. The van der Waals surface area contributed by atoms with Crippen molar-refractivity contribution in [1.82, 2.24) is 20.4 Å². The van der Waals surface area contributed by atoms with E-state index in [0.717, 1.165) is 22.8 Å². The lowest BCUT2D eigenvalue weighted by molar-refractivity contribution is 0.251. The predicted octanol–water partition coefficient (Wildman–Crippen LogP) is 2.53. The summed E-state index contributed by atoms with van der Waals surface area (Å²) < 4.78 is 2.10. The molecule has 1 aromatic heterocycles. The number of hydrazine groups is 2. The Morgan fingerprint density at radius 2 is 2.04 bits per heavy atom. The molecule has 130 valence electrons. The number of nitrogens with zero attached hydrogens (tertiary/aromatic N) is 2. The van der Waals surface area contributed by atoms with Crippen LogP contribution in [-0.2, 0) is 0 Å². The van der Waals surface area contributed by atoms with E-state index in [4.69, 9.17) is 0 Å². The fraction of sp³-hybridized carbons (Fsp3) is 0.111. The van der Waals surface area contributed by atoms with E-state index in [0.29, 0.717) is 6.54 Å². The van der Waals surface area contributed by atoms with Gasteiger partial charge < -0.3 is 26.1 Å². The van der Waals surface area contributed by atoms with Crippen LogP contribution < -0.4 is 27.0 Å². The first-order valence-electron chi connectivity index (χ1n) is 8.37. The number of nitrogens with one attached hydrogen (secondary N) is 5. The van der Waals surface area contributed by atoms with Crippen LogP contribution in [0.2, 0.25) is 0 Å². The van der Waals surface area contributed by atoms with Crippen molar-refractivity contribution in [2.45, 2.75) is 6.04 Å². The zero-order valence-electron chi connectivity index (χ0n) is 13.8. The van der Waals surface area contributed by atoms with E-state index in [2.05, 4.69) is 48.7 Å². The van der Waals surface area contributed by atoms with E-state index in [1.54, 1.807) is 0 Å². The topological polar surface area (TPSA) is 95.0 Å². The lowest BCUT2D eigenvalue weighted by atomic mass is 10.0. The summed E-state index contributed by atoms with van der Waals surface area (Å²) in [4.78, 5) is 16.6. The maximum Gasteiger partial charge on any atom is 0.319 e. The van der Waals surface area contributed by atoms with Gasteiger partial charge in [0, 0.05) is 17.8 Å². The van der Waals surface area contributed by atoms with Crippen molar-refractivity contribution in [1.29, 1.82) is 0 Å². The van der Waals surface area contributed by atoms with E-state index >= 15 is 0 Å². The molecular weight excluding hydrogens is 330 g/mol. The molecule has 0 radical (unpaired) electrons. The molecule has 0 saturated carbocycles. The molecule has 8 nitrogen and oxygen atoms in total. The Labute approximate surface area is 149 Å². The fourth-order valence-corrected chi connectivity index (χ4v) is 3.51. The van der Waals surface area contributed by atoms with Crippen LogP contribution in [0.4, 0.5) is 21.9 Å². The summed E-state index contributed by atoms with van der Waals surface area (Å²) in [6, 6.07) is 13.6. The molecule has 2 aliphatic heterocycles. The number of hydrogen-bond acceptors (Lipinski definition) is 5. The van der Waals surface area contributed by atoms with Gasteiger partial charge in [-0.3, -0.25) is 0 Å². The number of rotatable bonds is 3. The molecule has 0 bridgehead atoms. The molecule has 8 heteroatoms. The van der Waals surface area contributed by atoms with Crippen molar-refractivity contribution in [2.24, 2.45) is 0 Å². The normalized spacial score (nSPS) is 16.1. The maximum atomic E-state index is 12.3. The molecule has 2 aromatic carbocycles.